The molecule has 0 saturated heterocycles. The van der Waals surface area contributed by atoms with Crippen LogP contribution in [0.1, 0.15) is 11.8 Å². The van der Waals surface area contributed by atoms with Crippen molar-refractivity contribution in [2.24, 2.45) is 0 Å². The average molecular weight is 200 g/mol. The Morgan fingerprint density at radius 2 is 2.42 bits per heavy atom. The summed E-state index contributed by atoms with van der Waals surface area (Å²) in [5.41, 5.74) is 0. The lowest BCUT2D eigenvalue weighted by Gasteiger charge is -1.88. The van der Waals surface area contributed by atoms with Gasteiger partial charge in [-0.3, -0.25) is 0 Å². The van der Waals surface area contributed by atoms with Crippen molar-refractivity contribution in [3.63, 3.8) is 0 Å². The minimum absolute atomic E-state index is 0.742. The van der Waals surface area contributed by atoms with E-state index in [1.807, 2.05) is 12.1 Å². The highest BCUT2D eigenvalue weighted by atomic mass is 35.5. The van der Waals surface area contributed by atoms with Crippen molar-refractivity contribution < 1.29 is 0 Å². The molecule has 0 unspecified atom stereocenters. The molecule has 0 amide bonds. The van der Waals surface area contributed by atoms with Crippen LogP contribution in [0.2, 0.25) is 4.34 Å². The Morgan fingerprint density at radius 3 is 3.00 bits per heavy atom. The molecule has 0 aliphatic heterocycles. The van der Waals surface area contributed by atoms with Gasteiger partial charge in [0.1, 0.15) is 0 Å². The molecular formula is C9H10ClNS. The van der Waals surface area contributed by atoms with E-state index in [2.05, 4.69) is 24.1 Å². The number of halogens is 1. The number of hydrogen-bond donors (Lipinski definition) is 1. The molecule has 0 atom stereocenters. The molecule has 3 heteroatoms. The standard InChI is InChI=1S/C9H10ClNS/c1-2-11-7-3-4-8-5-6-9(10)12-8/h5-6,11H,2,7H2,1H3. The van der Waals surface area contributed by atoms with Crippen LogP contribution in [0.25, 0.3) is 0 Å². The van der Waals surface area contributed by atoms with Crippen molar-refractivity contribution >= 4 is 22.9 Å². The lowest BCUT2D eigenvalue weighted by molar-refractivity contribution is 0.811. The summed E-state index contributed by atoms with van der Waals surface area (Å²) in [7, 11) is 0. The monoisotopic (exact) mass is 199 g/mol. The topological polar surface area (TPSA) is 12.0 Å². The summed E-state index contributed by atoms with van der Waals surface area (Å²) >= 11 is 7.25. The van der Waals surface area contributed by atoms with Gasteiger partial charge in [0.05, 0.1) is 15.8 Å². The second-order valence-corrected chi connectivity index (χ2v) is 3.90. The molecule has 0 aromatic carbocycles. The van der Waals surface area contributed by atoms with E-state index in [0.717, 1.165) is 22.3 Å². The van der Waals surface area contributed by atoms with Crippen molar-refractivity contribution in [2.75, 3.05) is 13.1 Å². The summed E-state index contributed by atoms with van der Waals surface area (Å²) in [5, 5.41) is 3.12. The van der Waals surface area contributed by atoms with E-state index >= 15 is 0 Å². The summed E-state index contributed by atoms with van der Waals surface area (Å²) in [6.45, 7) is 3.76. The molecule has 0 aliphatic rings. The summed E-state index contributed by atoms with van der Waals surface area (Å²) < 4.78 is 0.794. The minimum Gasteiger partial charge on any atom is -0.306 e. The van der Waals surface area contributed by atoms with Crippen LogP contribution in [0.5, 0.6) is 0 Å². The third kappa shape index (κ3) is 3.27. The van der Waals surface area contributed by atoms with Crippen LogP contribution in [0.4, 0.5) is 0 Å². The van der Waals surface area contributed by atoms with E-state index in [0.29, 0.717) is 0 Å². The van der Waals surface area contributed by atoms with Gasteiger partial charge in [0.2, 0.25) is 0 Å². The molecule has 0 spiro atoms. The Hall–Kier alpha value is -0.490. The van der Waals surface area contributed by atoms with Gasteiger partial charge >= 0.3 is 0 Å². The Balaban J connectivity index is 2.43. The maximum Gasteiger partial charge on any atom is 0.0941 e. The highest BCUT2D eigenvalue weighted by Gasteiger charge is 1.91. The summed E-state index contributed by atoms with van der Waals surface area (Å²) in [5.74, 6) is 6.03. The van der Waals surface area contributed by atoms with Crippen LogP contribution >= 0.6 is 22.9 Å². The summed E-state index contributed by atoms with van der Waals surface area (Å²) in [6, 6.07) is 3.80. The molecule has 0 saturated carbocycles. The van der Waals surface area contributed by atoms with Crippen molar-refractivity contribution in [3.05, 3.63) is 21.3 Å². The van der Waals surface area contributed by atoms with Gasteiger partial charge < -0.3 is 5.32 Å². The van der Waals surface area contributed by atoms with Gasteiger partial charge in [0.15, 0.2) is 0 Å². The summed E-state index contributed by atoms with van der Waals surface area (Å²) in [4.78, 5) is 1.03. The molecule has 1 N–H and O–H groups in total. The van der Waals surface area contributed by atoms with Crippen LogP contribution in [-0.4, -0.2) is 13.1 Å². The minimum atomic E-state index is 0.742. The predicted molar refractivity (Wildman–Crippen MR) is 54.8 cm³/mol. The van der Waals surface area contributed by atoms with Gasteiger partial charge in [0, 0.05) is 0 Å². The third-order valence-electron chi connectivity index (χ3n) is 1.25. The summed E-state index contributed by atoms with van der Waals surface area (Å²) in [6.07, 6.45) is 0. The van der Waals surface area contributed by atoms with Crippen molar-refractivity contribution in [1.82, 2.24) is 5.32 Å². The van der Waals surface area contributed by atoms with Gasteiger partial charge in [-0.1, -0.05) is 30.4 Å². The zero-order chi connectivity index (χ0) is 8.81. The molecule has 0 radical (unpaired) electrons. The van der Waals surface area contributed by atoms with Gasteiger partial charge in [0.25, 0.3) is 0 Å². The Kier molecular flexibility index (Phi) is 4.16. The van der Waals surface area contributed by atoms with Crippen molar-refractivity contribution in [1.29, 1.82) is 0 Å². The molecule has 12 heavy (non-hydrogen) atoms. The third-order valence-corrected chi connectivity index (χ3v) is 2.39. The maximum atomic E-state index is 5.74. The average Bonchev–Trinajstić information content (AvgIpc) is 2.45. The number of rotatable bonds is 2. The van der Waals surface area contributed by atoms with Crippen LogP contribution in [0.3, 0.4) is 0 Å². The number of hydrogen-bond acceptors (Lipinski definition) is 2. The SMILES string of the molecule is CCNCC#Cc1ccc(Cl)s1. The first-order valence-electron chi connectivity index (χ1n) is 3.78. The molecule has 0 bridgehead atoms. The van der Waals surface area contributed by atoms with Crippen molar-refractivity contribution in [3.8, 4) is 11.8 Å². The van der Waals surface area contributed by atoms with E-state index in [4.69, 9.17) is 11.6 Å². The Morgan fingerprint density at radius 1 is 1.58 bits per heavy atom. The quantitative estimate of drug-likeness (QED) is 0.570. The fraction of sp³-hybridized carbons (Fsp3) is 0.333. The maximum absolute atomic E-state index is 5.74. The molecule has 64 valence electrons. The van der Waals surface area contributed by atoms with Crippen LogP contribution in [0.15, 0.2) is 12.1 Å². The van der Waals surface area contributed by atoms with Crippen LogP contribution < -0.4 is 5.32 Å². The van der Waals surface area contributed by atoms with E-state index in [1.165, 1.54) is 11.3 Å². The normalized spacial score (nSPS) is 9.17. The van der Waals surface area contributed by atoms with E-state index in [-0.39, 0.29) is 0 Å². The first-order valence-corrected chi connectivity index (χ1v) is 4.97. The largest absolute Gasteiger partial charge is 0.306 e. The van der Waals surface area contributed by atoms with Gasteiger partial charge in [-0.15, -0.1) is 11.3 Å². The van der Waals surface area contributed by atoms with Gasteiger partial charge in [-0.25, -0.2) is 0 Å². The van der Waals surface area contributed by atoms with Gasteiger partial charge in [-0.05, 0) is 18.7 Å². The van der Waals surface area contributed by atoms with Crippen LogP contribution in [-0.2, 0) is 0 Å². The molecule has 0 aliphatic carbocycles. The molecule has 1 aromatic rings. The first-order chi connectivity index (χ1) is 5.83. The smallest absolute Gasteiger partial charge is 0.0941 e. The fourth-order valence-electron chi connectivity index (χ4n) is 0.700. The van der Waals surface area contributed by atoms with E-state index in [1.54, 1.807) is 0 Å². The Bertz CT molecular complexity index is 295. The number of nitrogens with one attached hydrogen (secondary N) is 1. The van der Waals surface area contributed by atoms with Gasteiger partial charge in [-0.2, -0.15) is 0 Å². The zero-order valence-corrected chi connectivity index (χ0v) is 8.43. The molecular weight excluding hydrogens is 190 g/mol. The molecule has 1 nitrogen and oxygen atoms in total. The highest BCUT2D eigenvalue weighted by molar-refractivity contribution is 7.16. The Labute approximate surface area is 81.7 Å². The molecule has 0 fully saturated rings. The second-order valence-electron chi connectivity index (χ2n) is 2.19. The lowest BCUT2D eigenvalue weighted by Crippen LogP contribution is -2.11. The lowest BCUT2D eigenvalue weighted by atomic mass is 10.4. The number of thiophene rings is 1. The van der Waals surface area contributed by atoms with E-state index in [9.17, 15) is 0 Å². The first kappa shape index (κ1) is 9.60. The predicted octanol–water partition coefficient (Wildman–Crippen LogP) is 2.36. The van der Waals surface area contributed by atoms with Crippen LogP contribution in [0, 0.1) is 11.8 Å². The fourth-order valence-corrected chi connectivity index (χ4v) is 1.62. The van der Waals surface area contributed by atoms with Crippen molar-refractivity contribution in [2.45, 2.75) is 6.92 Å². The molecule has 1 heterocycles. The molecule has 1 rings (SSSR count). The van der Waals surface area contributed by atoms with E-state index < -0.39 is 0 Å². The molecule has 1 aromatic heterocycles. The second kappa shape index (κ2) is 5.21. The highest BCUT2D eigenvalue weighted by Crippen LogP contribution is 2.19. The zero-order valence-electron chi connectivity index (χ0n) is 6.86.